The van der Waals surface area contributed by atoms with Gasteiger partial charge in [0.1, 0.15) is 19.5 Å². The Labute approximate surface area is 178 Å². The molecule has 2 heterocycles. The number of hydrogen-bond donors (Lipinski definition) is 1. The summed E-state index contributed by atoms with van der Waals surface area (Å²) in [6.07, 6.45) is 1.98. The Kier molecular flexibility index (Phi) is 4.77. The minimum Gasteiger partial charge on any atom is -0.486 e. The van der Waals surface area contributed by atoms with E-state index in [0.717, 1.165) is 28.0 Å². The average Bonchev–Trinajstić information content (AvgIpc) is 3.18. The number of nitrogens with zero attached hydrogens (tertiary/aromatic N) is 2. The van der Waals surface area contributed by atoms with Gasteiger partial charge in [0.25, 0.3) is 0 Å². The average molecular weight is 420 g/mol. The van der Waals surface area contributed by atoms with Crippen molar-refractivity contribution in [3.8, 4) is 17.2 Å². The van der Waals surface area contributed by atoms with Crippen molar-refractivity contribution in [3.05, 3.63) is 77.6 Å². The number of ether oxygens (including phenoxy) is 2. The molecule has 0 fully saturated rings. The molecule has 0 radical (unpaired) electrons. The summed E-state index contributed by atoms with van der Waals surface area (Å²) in [5, 5.41) is 3.37. The van der Waals surface area contributed by atoms with E-state index in [-0.39, 0.29) is 12.3 Å². The summed E-state index contributed by atoms with van der Waals surface area (Å²) in [7, 11) is 0. The van der Waals surface area contributed by atoms with Crippen molar-refractivity contribution in [3.63, 3.8) is 0 Å². The number of imidazole rings is 1. The first kappa shape index (κ1) is 18.5. The molecule has 0 aliphatic carbocycles. The van der Waals surface area contributed by atoms with E-state index in [0.29, 0.717) is 29.7 Å². The number of benzene rings is 3. The van der Waals surface area contributed by atoms with Crippen LogP contribution in [0.3, 0.4) is 0 Å². The molecule has 5 rings (SSSR count). The molecule has 1 aromatic heterocycles. The second-order valence-corrected chi connectivity index (χ2v) is 7.38. The van der Waals surface area contributed by atoms with Gasteiger partial charge in [0.15, 0.2) is 11.5 Å². The van der Waals surface area contributed by atoms with Crippen LogP contribution in [0, 0.1) is 0 Å². The van der Waals surface area contributed by atoms with E-state index in [1.165, 1.54) is 0 Å². The van der Waals surface area contributed by atoms with E-state index < -0.39 is 0 Å². The molecule has 0 bridgehead atoms. The second-order valence-electron chi connectivity index (χ2n) is 6.98. The fourth-order valence-electron chi connectivity index (χ4n) is 3.53. The third-order valence-corrected chi connectivity index (χ3v) is 5.18. The highest BCUT2D eigenvalue weighted by molar-refractivity contribution is 6.32. The number of nitrogens with one attached hydrogen (secondary N) is 1. The van der Waals surface area contributed by atoms with Gasteiger partial charge in [-0.25, -0.2) is 4.98 Å². The third kappa shape index (κ3) is 3.57. The van der Waals surface area contributed by atoms with Crippen LogP contribution in [0.15, 0.2) is 67.0 Å². The van der Waals surface area contributed by atoms with E-state index in [4.69, 9.17) is 21.1 Å². The lowest BCUT2D eigenvalue weighted by Crippen LogP contribution is -2.17. The van der Waals surface area contributed by atoms with Crippen LogP contribution in [-0.2, 0) is 11.2 Å². The van der Waals surface area contributed by atoms with Crippen LogP contribution < -0.4 is 14.8 Å². The summed E-state index contributed by atoms with van der Waals surface area (Å²) < 4.78 is 13.1. The van der Waals surface area contributed by atoms with Gasteiger partial charge >= 0.3 is 0 Å². The highest BCUT2D eigenvalue weighted by Crippen LogP contribution is 2.38. The Morgan fingerprint density at radius 3 is 2.73 bits per heavy atom. The number of aromatic nitrogens is 2. The molecule has 0 saturated heterocycles. The molecular weight excluding hydrogens is 402 g/mol. The van der Waals surface area contributed by atoms with Crippen LogP contribution in [0.25, 0.3) is 16.7 Å². The number of fused-ring (bicyclic) bond motifs is 2. The topological polar surface area (TPSA) is 65.4 Å². The number of anilines is 1. The summed E-state index contributed by atoms with van der Waals surface area (Å²) in [4.78, 5) is 16.9. The normalized spacial score (nSPS) is 12.7. The predicted octanol–water partition coefficient (Wildman–Crippen LogP) is 4.63. The SMILES string of the molecule is O=C(Cc1cc(Cl)c2c(c1)OCCO2)Nc1ccc(-n2cnc3ccccc32)cc1. The Hall–Kier alpha value is -3.51. The maximum absolute atomic E-state index is 12.5. The van der Waals surface area contributed by atoms with Crippen molar-refractivity contribution in [2.75, 3.05) is 18.5 Å². The van der Waals surface area contributed by atoms with Crippen LogP contribution >= 0.6 is 11.6 Å². The lowest BCUT2D eigenvalue weighted by molar-refractivity contribution is -0.115. The molecule has 6 nitrogen and oxygen atoms in total. The lowest BCUT2D eigenvalue weighted by atomic mass is 10.1. The van der Waals surface area contributed by atoms with E-state index >= 15 is 0 Å². The molecule has 0 atom stereocenters. The highest BCUT2D eigenvalue weighted by Gasteiger charge is 2.17. The van der Waals surface area contributed by atoms with Gasteiger partial charge in [-0.1, -0.05) is 23.7 Å². The summed E-state index contributed by atoms with van der Waals surface area (Å²) in [6.45, 7) is 0.939. The standard InChI is InChI=1S/C23H18ClN3O3/c24-18-11-15(12-21-23(18)30-10-9-29-21)13-22(28)26-16-5-7-17(8-6-16)27-14-25-19-3-1-2-4-20(19)27/h1-8,11-12,14H,9-10,13H2,(H,26,28). The van der Waals surface area contributed by atoms with E-state index in [1.54, 1.807) is 18.5 Å². The van der Waals surface area contributed by atoms with Gasteiger partial charge in [-0.15, -0.1) is 0 Å². The van der Waals surface area contributed by atoms with Crippen LogP contribution in [0.1, 0.15) is 5.56 Å². The molecule has 0 spiro atoms. The van der Waals surface area contributed by atoms with E-state index in [1.807, 2.05) is 53.1 Å². The first-order valence-corrected chi connectivity index (χ1v) is 9.95. The quantitative estimate of drug-likeness (QED) is 0.523. The Morgan fingerprint density at radius 2 is 1.87 bits per heavy atom. The van der Waals surface area contributed by atoms with Gasteiger partial charge in [-0.05, 0) is 54.1 Å². The number of rotatable bonds is 4. The van der Waals surface area contributed by atoms with Gasteiger partial charge in [0, 0.05) is 11.4 Å². The fourth-order valence-corrected chi connectivity index (χ4v) is 3.82. The molecule has 0 saturated carbocycles. The van der Waals surface area contributed by atoms with Crippen LogP contribution in [0.4, 0.5) is 5.69 Å². The molecule has 1 amide bonds. The number of para-hydroxylation sites is 2. The minimum atomic E-state index is -0.136. The Bertz CT molecular complexity index is 1230. The number of amides is 1. The molecule has 150 valence electrons. The van der Waals surface area contributed by atoms with Crippen molar-refractivity contribution in [2.24, 2.45) is 0 Å². The number of halogens is 1. The van der Waals surface area contributed by atoms with E-state index in [2.05, 4.69) is 10.3 Å². The highest BCUT2D eigenvalue weighted by atomic mass is 35.5. The van der Waals surface area contributed by atoms with Gasteiger partial charge in [-0.2, -0.15) is 0 Å². The monoisotopic (exact) mass is 419 g/mol. The molecule has 1 aliphatic rings. The summed E-state index contributed by atoms with van der Waals surface area (Å²) in [6, 6.07) is 19.1. The first-order valence-electron chi connectivity index (χ1n) is 9.58. The maximum Gasteiger partial charge on any atom is 0.228 e. The van der Waals surface area contributed by atoms with Crippen LogP contribution in [-0.4, -0.2) is 28.7 Å². The summed E-state index contributed by atoms with van der Waals surface area (Å²) in [5.41, 5.74) is 4.43. The molecule has 7 heteroatoms. The lowest BCUT2D eigenvalue weighted by Gasteiger charge is -2.20. The number of carbonyl (C=O) groups is 1. The van der Waals surface area contributed by atoms with Crippen molar-refractivity contribution in [1.29, 1.82) is 0 Å². The molecular formula is C23H18ClN3O3. The summed E-state index contributed by atoms with van der Waals surface area (Å²) in [5.74, 6) is 0.978. The van der Waals surface area contributed by atoms with Gasteiger partial charge in [-0.3, -0.25) is 9.36 Å². The predicted molar refractivity (Wildman–Crippen MR) is 116 cm³/mol. The molecule has 1 aliphatic heterocycles. The van der Waals surface area contributed by atoms with Crippen molar-refractivity contribution in [1.82, 2.24) is 9.55 Å². The van der Waals surface area contributed by atoms with Gasteiger partial charge in [0.2, 0.25) is 5.91 Å². The van der Waals surface area contributed by atoms with Crippen molar-refractivity contribution < 1.29 is 14.3 Å². The van der Waals surface area contributed by atoms with Crippen LogP contribution in [0.5, 0.6) is 11.5 Å². The minimum absolute atomic E-state index is 0.136. The molecule has 30 heavy (non-hydrogen) atoms. The fraction of sp³-hybridized carbons (Fsp3) is 0.130. The molecule has 0 unspecified atom stereocenters. The zero-order valence-corrected chi connectivity index (χ0v) is 16.7. The molecule has 1 N–H and O–H groups in total. The third-order valence-electron chi connectivity index (χ3n) is 4.90. The first-order chi connectivity index (χ1) is 14.7. The zero-order valence-electron chi connectivity index (χ0n) is 16.0. The maximum atomic E-state index is 12.5. The zero-order chi connectivity index (χ0) is 20.5. The number of carbonyl (C=O) groups excluding carboxylic acids is 1. The Balaban J connectivity index is 1.29. The number of hydrogen-bond acceptors (Lipinski definition) is 4. The Morgan fingerprint density at radius 1 is 1.07 bits per heavy atom. The van der Waals surface area contributed by atoms with Gasteiger partial charge in [0.05, 0.1) is 22.5 Å². The van der Waals surface area contributed by atoms with Crippen molar-refractivity contribution >= 4 is 34.2 Å². The molecule has 4 aromatic rings. The van der Waals surface area contributed by atoms with Crippen LogP contribution in [0.2, 0.25) is 5.02 Å². The summed E-state index contributed by atoms with van der Waals surface area (Å²) >= 11 is 6.25. The smallest absolute Gasteiger partial charge is 0.228 e. The molecule has 3 aromatic carbocycles. The van der Waals surface area contributed by atoms with Crippen molar-refractivity contribution in [2.45, 2.75) is 6.42 Å². The van der Waals surface area contributed by atoms with E-state index in [9.17, 15) is 4.79 Å². The second kappa shape index (κ2) is 7.72. The largest absolute Gasteiger partial charge is 0.486 e. The van der Waals surface area contributed by atoms with Gasteiger partial charge < -0.3 is 14.8 Å².